The Bertz CT molecular complexity index is 454. The Balaban J connectivity index is 3.20. The molecular formula is C12H12ClNO3. The van der Waals surface area contributed by atoms with Crippen LogP contribution in [0.3, 0.4) is 0 Å². The predicted molar refractivity (Wildman–Crippen MR) is 62.5 cm³/mol. The molecule has 90 valence electrons. The van der Waals surface area contributed by atoms with E-state index in [9.17, 15) is 9.90 Å². The van der Waals surface area contributed by atoms with E-state index in [1.165, 1.54) is 0 Å². The molecule has 0 heterocycles. The molecule has 1 atom stereocenters. The second-order valence-corrected chi connectivity index (χ2v) is 3.79. The van der Waals surface area contributed by atoms with Gasteiger partial charge in [0.05, 0.1) is 6.07 Å². The van der Waals surface area contributed by atoms with Gasteiger partial charge in [0.15, 0.2) is 6.10 Å². The van der Waals surface area contributed by atoms with Crippen LogP contribution < -0.4 is 0 Å². The maximum Gasteiger partial charge on any atom is 0.337 e. The zero-order valence-corrected chi connectivity index (χ0v) is 9.81. The fraction of sp³-hybridized carbons (Fsp3) is 0.333. The molecule has 1 rings (SSSR count). The molecule has 0 saturated heterocycles. The van der Waals surface area contributed by atoms with Gasteiger partial charge in [0.25, 0.3) is 0 Å². The van der Waals surface area contributed by atoms with E-state index in [-0.39, 0.29) is 12.3 Å². The molecule has 17 heavy (non-hydrogen) atoms. The summed E-state index contributed by atoms with van der Waals surface area (Å²) in [4.78, 5) is 10.8. The zero-order chi connectivity index (χ0) is 12.8. The van der Waals surface area contributed by atoms with Gasteiger partial charge in [-0.25, -0.2) is 4.79 Å². The van der Waals surface area contributed by atoms with Gasteiger partial charge < -0.3 is 10.2 Å². The number of halogens is 1. The van der Waals surface area contributed by atoms with Crippen LogP contribution in [0.25, 0.3) is 0 Å². The van der Waals surface area contributed by atoms with Gasteiger partial charge in [0.2, 0.25) is 0 Å². The molecular weight excluding hydrogens is 242 g/mol. The van der Waals surface area contributed by atoms with Crippen LogP contribution in [-0.4, -0.2) is 16.2 Å². The van der Waals surface area contributed by atoms with Crippen LogP contribution in [0, 0.1) is 11.3 Å². The molecule has 1 aromatic rings. The number of aliphatic carboxylic acids is 1. The fourth-order valence-corrected chi connectivity index (χ4v) is 1.90. The number of rotatable bonds is 5. The number of nitriles is 1. The SMILES string of the molecule is N#CCCc1cccc(CCl)c1C(O)C(=O)O. The topological polar surface area (TPSA) is 81.3 Å². The summed E-state index contributed by atoms with van der Waals surface area (Å²) in [5.41, 5.74) is 1.54. The Morgan fingerprint density at radius 2 is 2.12 bits per heavy atom. The van der Waals surface area contributed by atoms with E-state index in [1.807, 2.05) is 6.07 Å². The van der Waals surface area contributed by atoms with Gasteiger partial charge in [0.1, 0.15) is 0 Å². The van der Waals surface area contributed by atoms with Crippen LogP contribution in [0.5, 0.6) is 0 Å². The van der Waals surface area contributed by atoms with Crippen molar-refractivity contribution < 1.29 is 15.0 Å². The molecule has 0 radical (unpaired) electrons. The molecule has 0 fully saturated rings. The zero-order valence-electron chi connectivity index (χ0n) is 9.06. The van der Waals surface area contributed by atoms with Crippen LogP contribution in [0.4, 0.5) is 0 Å². The summed E-state index contributed by atoms with van der Waals surface area (Å²) in [6.45, 7) is 0. The third-order valence-corrected chi connectivity index (χ3v) is 2.73. The van der Waals surface area contributed by atoms with Crippen LogP contribution in [0.2, 0.25) is 0 Å². The first-order valence-corrected chi connectivity index (χ1v) is 5.59. The van der Waals surface area contributed by atoms with E-state index in [4.69, 9.17) is 22.0 Å². The van der Waals surface area contributed by atoms with Crippen LogP contribution in [0.15, 0.2) is 18.2 Å². The quantitative estimate of drug-likeness (QED) is 0.787. The summed E-state index contributed by atoms with van der Waals surface area (Å²) in [6, 6.07) is 7.10. The minimum Gasteiger partial charge on any atom is -0.479 e. The van der Waals surface area contributed by atoms with E-state index in [0.717, 1.165) is 0 Å². The highest BCUT2D eigenvalue weighted by atomic mass is 35.5. The highest BCUT2D eigenvalue weighted by Gasteiger charge is 2.22. The van der Waals surface area contributed by atoms with Crippen molar-refractivity contribution >= 4 is 17.6 Å². The summed E-state index contributed by atoms with van der Waals surface area (Å²) in [7, 11) is 0. The van der Waals surface area contributed by atoms with E-state index in [1.54, 1.807) is 18.2 Å². The molecule has 0 aliphatic heterocycles. The first kappa shape index (κ1) is 13.5. The third-order valence-electron chi connectivity index (χ3n) is 2.44. The van der Waals surface area contributed by atoms with E-state index in [0.29, 0.717) is 23.1 Å². The summed E-state index contributed by atoms with van der Waals surface area (Å²) in [6.07, 6.45) is -0.926. The molecule has 5 heteroatoms. The van der Waals surface area contributed by atoms with Gasteiger partial charge in [-0.3, -0.25) is 0 Å². The number of hydrogen-bond acceptors (Lipinski definition) is 3. The number of carboxylic acid groups (broad SMARTS) is 1. The molecule has 0 amide bonds. The molecule has 1 aromatic carbocycles. The molecule has 2 N–H and O–H groups in total. The maximum absolute atomic E-state index is 10.8. The van der Waals surface area contributed by atoms with Gasteiger partial charge >= 0.3 is 5.97 Å². The Morgan fingerprint density at radius 3 is 2.65 bits per heavy atom. The molecule has 0 saturated carbocycles. The standard InChI is InChI=1S/C12H12ClNO3/c13-7-9-4-1-3-8(5-2-6-14)10(9)11(15)12(16)17/h1,3-4,11,15H,2,5,7H2,(H,16,17). The minimum atomic E-state index is -1.60. The number of alkyl halides is 1. The van der Waals surface area contributed by atoms with Crippen molar-refractivity contribution in [1.29, 1.82) is 5.26 Å². The average Bonchev–Trinajstić information content (AvgIpc) is 2.34. The highest BCUT2D eigenvalue weighted by Crippen LogP contribution is 2.25. The summed E-state index contributed by atoms with van der Waals surface area (Å²) in [5, 5.41) is 27.0. The average molecular weight is 254 g/mol. The Morgan fingerprint density at radius 1 is 1.47 bits per heavy atom. The minimum absolute atomic E-state index is 0.125. The van der Waals surface area contributed by atoms with Crippen LogP contribution in [0.1, 0.15) is 29.2 Å². The number of aliphatic hydroxyl groups excluding tert-OH is 1. The number of aliphatic hydroxyl groups is 1. The fourth-order valence-electron chi connectivity index (χ4n) is 1.67. The summed E-state index contributed by atoms with van der Waals surface area (Å²) < 4.78 is 0. The van der Waals surface area contributed by atoms with Crippen molar-refractivity contribution in [1.82, 2.24) is 0 Å². The van der Waals surface area contributed by atoms with Crippen LogP contribution in [-0.2, 0) is 17.1 Å². The lowest BCUT2D eigenvalue weighted by Gasteiger charge is -2.15. The first-order chi connectivity index (χ1) is 8.11. The lowest BCUT2D eigenvalue weighted by Crippen LogP contribution is -2.15. The Labute approximate surface area is 104 Å². The molecule has 1 unspecified atom stereocenters. The number of carbonyl (C=O) groups is 1. The number of hydrogen-bond donors (Lipinski definition) is 2. The van der Waals surface area contributed by atoms with Gasteiger partial charge in [0, 0.05) is 12.3 Å². The normalized spacial score (nSPS) is 11.8. The Hall–Kier alpha value is -1.57. The number of carboxylic acids is 1. The molecule has 0 aliphatic rings. The molecule has 0 spiro atoms. The van der Waals surface area contributed by atoms with Crippen molar-refractivity contribution in [3.05, 3.63) is 34.9 Å². The number of benzene rings is 1. The molecule has 4 nitrogen and oxygen atoms in total. The molecule has 0 bridgehead atoms. The maximum atomic E-state index is 10.8. The summed E-state index contributed by atoms with van der Waals surface area (Å²) in [5.74, 6) is -1.19. The lowest BCUT2D eigenvalue weighted by atomic mass is 9.94. The van der Waals surface area contributed by atoms with Gasteiger partial charge in [-0.15, -0.1) is 11.6 Å². The van der Waals surface area contributed by atoms with Crippen molar-refractivity contribution in [2.24, 2.45) is 0 Å². The molecule has 0 aromatic heterocycles. The molecule has 0 aliphatic carbocycles. The van der Waals surface area contributed by atoms with E-state index < -0.39 is 12.1 Å². The highest BCUT2D eigenvalue weighted by molar-refractivity contribution is 6.17. The summed E-state index contributed by atoms with van der Waals surface area (Å²) >= 11 is 5.72. The Kier molecular flexibility index (Phi) is 4.95. The number of aryl methyl sites for hydroxylation is 1. The smallest absolute Gasteiger partial charge is 0.337 e. The van der Waals surface area contributed by atoms with Crippen LogP contribution >= 0.6 is 11.6 Å². The first-order valence-electron chi connectivity index (χ1n) is 5.06. The predicted octanol–water partition coefficient (Wildman–Crippen LogP) is 2.00. The second kappa shape index (κ2) is 6.24. The van der Waals surface area contributed by atoms with Crippen molar-refractivity contribution in [3.8, 4) is 6.07 Å². The lowest BCUT2D eigenvalue weighted by molar-refractivity contribution is -0.147. The number of nitrogens with zero attached hydrogens (tertiary/aromatic N) is 1. The second-order valence-electron chi connectivity index (χ2n) is 3.52. The van der Waals surface area contributed by atoms with Crippen molar-refractivity contribution in [3.63, 3.8) is 0 Å². The largest absolute Gasteiger partial charge is 0.479 e. The van der Waals surface area contributed by atoms with E-state index in [2.05, 4.69) is 0 Å². The van der Waals surface area contributed by atoms with Crippen molar-refractivity contribution in [2.45, 2.75) is 24.8 Å². The third kappa shape index (κ3) is 3.19. The monoisotopic (exact) mass is 253 g/mol. The van der Waals surface area contributed by atoms with Gasteiger partial charge in [-0.2, -0.15) is 5.26 Å². The van der Waals surface area contributed by atoms with Gasteiger partial charge in [-0.1, -0.05) is 18.2 Å². The van der Waals surface area contributed by atoms with Crippen molar-refractivity contribution in [2.75, 3.05) is 0 Å². The van der Waals surface area contributed by atoms with Gasteiger partial charge in [-0.05, 0) is 23.1 Å². The van der Waals surface area contributed by atoms with E-state index >= 15 is 0 Å².